The molecule has 1 aliphatic heterocycles. The van der Waals surface area contributed by atoms with E-state index in [2.05, 4.69) is 20.6 Å². The highest BCUT2D eigenvalue weighted by Crippen LogP contribution is 2.38. The number of hydrogen-bond acceptors (Lipinski definition) is 6. The first kappa shape index (κ1) is 21.7. The molecule has 3 heterocycles. The summed E-state index contributed by atoms with van der Waals surface area (Å²) in [7, 11) is 1.61. The molecule has 2 aromatic carbocycles. The molecule has 4 aromatic rings. The molecule has 0 saturated carbocycles. The highest BCUT2D eigenvalue weighted by molar-refractivity contribution is 6.33. The van der Waals surface area contributed by atoms with Gasteiger partial charge in [0.2, 0.25) is 5.95 Å². The fourth-order valence-electron chi connectivity index (χ4n) is 3.96. The fraction of sp³-hybridized carbons (Fsp3) is 0.120. The molecule has 0 aliphatic carbocycles. The number of carbonyl (C=O) groups excluding carboxylic acids is 1. The largest absolute Gasteiger partial charge is 0.497 e. The lowest BCUT2D eigenvalue weighted by Gasteiger charge is -2.28. The maximum atomic E-state index is 13.5. The van der Waals surface area contributed by atoms with Crippen LogP contribution in [0.1, 0.15) is 18.5 Å². The number of anilines is 2. The molecule has 0 spiro atoms. The van der Waals surface area contributed by atoms with Gasteiger partial charge in [-0.2, -0.15) is 4.98 Å². The SMILES string of the molecule is COc1cccc(C2C(C(=O)Nc3cccnc3)=C(C)Nc3nc(-c4ccccc4Cl)nn32)c1. The first-order valence-electron chi connectivity index (χ1n) is 10.6. The first-order chi connectivity index (χ1) is 16.5. The predicted molar refractivity (Wildman–Crippen MR) is 131 cm³/mol. The Morgan fingerprint density at radius 2 is 2.00 bits per heavy atom. The number of methoxy groups -OCH3 is 1. The number of halogens is 1. The van der Waals surface area contributed by atoms with Gasteiger partial charge in [0.15, 0.2) is 5.82 Å². The van der Waals surface area contributed by atoms with Crippen LogP contribution >= 0.6 is 11.6 Å². The summed E-state index contributed by atoms with van der Waals surface area (Å²) >= 11 is 6.41. The monoisotopic (exact) mass is 472 g/mol. The number of carbonyl (C=O) groups is 1. The van der Waals surface area contributed by atoms with Crippen molar-refractivity contribution in [2.75, 3.05) is 17.7 Å². The lowest BCUT2D eigenvalue weighted by molar-refractivity contribution is -0.113. The molecule has 0 bridgehead atoms. The molecule has 1 atom stereocenters. The molecule has 170 valence electrons. The number of pyridine rings is 1. The van der Waals surface area contributed by atoms with E-state index in [-0.39, 0.29) is 5.91 Å². The van der Waals surface area contributed by atoms with Crippen LogP contribution in [0, 0.1) is 0 Å². The van der Waals surface area contributed by atoms with E-state index in [1.807, 2.05) is 49.4 Å². The zero-order valence-corrected chi connectivity index (χ0v) is 19.2. The minimum atomic E-state index is -0.549. The first-order valence-corrected chi connectivity index (χ1v) is 11.0. The molecule has 1 aliphatic rings. The Morgan fingerprint density at radius 1 is 1.15 bits per heavy atom. The summed E-state index contributed by atoms with van der Waals surface area (Å²) in [5, 5.41) is 11.5. The Kier molecular flexibility index (Phi) is 5.73. The van der Waals surface area contributed by atoms with Gasteiger partial charge in [0.25, 0.3) is 5.91 Å². The summed E-state index contributed by atoms with van der Waals surface area (Å²) in [6, 6.07) is 17.9. The van der Waals surface area contributed by atoms with E-state index < -0.39 is 6.04 Å². The van der Waals surface area contributed by atoms with E-state index in [4.69, 9.17) is 21.4 Å². The average Bonchev–Trinajstić information content (AvgIpc) is 3.27. The minimum absolute atomic E-state index is 0.272. The van der Waals surface area contributed by atoms with E-state index in [0.717, 1.165) is 5.56 Å². The summed E-state index contributed by atoms with van der Waals surface area (Å²) in [6.07, 6.45) is 3.25. The Labute approximate surface area is 201 Å². The second kappa shape index (κ2) is 8.99. The van der Waals surface area contributed by atoms with Crippen LogP contribution in [-0.4, -0.2) is 32.8 Å². The lowest BCUT2D eigenvalue weighted by Crippen LogP contribution is -2.31. The van der Waals surface area contributed by atoms with Crippen molar-refractivity contribution >= 4 is 29.1 Å². The van der Waals surface area contributed by atoms with Crippen LogP contribution in [0.2, 0.25) is 5.02 Å². The van der Waals surface area contributed by atoms with Crippen LogP contribution in [0.25, 0.3) is 11.4 Å². The van der Waals surface area contributed by atoms with Gasteiger partial charge in [-0.1, -0.05) is 35.9 Å². The van der Waals surface area contributed by atoms with Crippen LogP contribution in [0.4, 0.5) is 11.6 Å². The standard InChI is InChI=1S/C25H21ClN6O2/c1-15-21(24(33)29-17-8-6-12-27-14-17)22(16-7-5-9-18(13-16)34-2)32-25(28-15)30-23(31-32)19-10-3-4-11-20(19)26/h3-14,22H,1-2H3,(H,29,33)(H,28,30,31). The van der Waals surface area contributed by atoms with Crippen molar-refractivity contribution in [2.45, 2.75) is 13.0 Å². The molecule has 2 N–H and O–H groups in total. The van der Waals surface area contributed by atoms with Gasteiger partial charge in [0.1, 0.15) is 11.8 Å². The maximum absolute atomic E-state index is 13.5. The third-order valence-electron chi connectivity index (χ3n) is 5.54. The Balaban J connectivity index is 1.63. The Bertz CT molecular complexity index is 1400. The maximum Gasteiger partial charge on any atom is 0.255 e. The zero-order chi connectivity index (χ0) is 23.7. The van der Waals surface area contributed by atoms with Crippen LogP contribution < -0.4 is 15.4 Å². The molecular formula is C25H21ClN6O2. The van der Waals surface area contributed by atoms with Gasteiger partial charge in [-0.25, -0.2) is 4.68 Å². The summed E-state index contributed by atoms with van der Waals surface area (Å²) in [6.45, 7) is 1.85. The molecule has 1 unspecified atom stereocenters. The number of fused-ring (bicyclic) bond motifs is 1. The predicted octanol–water partition coefficient (Wildman–Crippen LogP) is 4.93. The summed E-state index contributed by atoms with van der Waals surface area (Å²) in [5.41, 5.74) is 3.29. The van der Waals surface area contributed by atoms with Crippen molar-refractivity contribution in [1.29, 1.82) is 0 Å². The van der Waals surface area contributed by atoms with Gasteiger partial charge in [-0.3, -0.25) is 9.78 Å². The fourth-order valence-corrected chi connectivity index (χ4v) is 4.18. The number of amides is 1. The van der Waals surface area contributed by atoms with Gasteiger partial charge in [0, 0.05) is 17.5 Å². The van der Waals surface area contributed by atoms with Crippen LogP contribution in [0.3, 0.4) is 0 Å². The molecule has 5 rings (SSSR count). The second-order valence-corrected chi connectivity index (χ2v) is 8.13. The van der Waals surface area contributed by atoms with Gasteiger partial charge in [-0.05, 0) is 48.9 Å². The van der Waals surface area contributed by atoms with Crippen LogP contribution in [0.15, 0.2) is 84.3 Å². The van der Waals surface area contributed by atoms with E-state index in [1.54, 1.807) is 42.4 Å². The summed E-state index contributed by atoms with van der Waals surface area (Å²) in [5.74, 6) is 1.38. The van der Waals surface area contributed by atoms with E-state index in [9.17, 15) is 4.79 Å². The van der Waals surface area contributed by atoms with Gasteiger partial charge in [-0.15, -0.1) is 5.10 Å². The van der Waals surface area contributed by atoms with Gasteiger partial charge >= 0.3 is 0 Å². The normalized spacial score (nSPS) is 14.9. The molecule has 8 nitrogen and oxygen atoms in total. The van der Waals surface area contributed by atoms with E-state index in [1.165, 1.54) is 0 Å². The van der Waals surface area contributed by atoms with E-state index in [0.29, 0.717) is 45.1 Å². The lowest BCUT2D eigenvalue weighted by atomic mass is 9.95. The molecular weight excluding hydrogens is 452 g/mol. The summed E-state index contributed by atoms with van der Waals surface area (Å²) in [4.78, 5) is 22.3. The van der Waals surface area contributed by atoms with Crippen LogP contribution in [-0.2, 0) is 4.79 Å². The van der Waals surface area contributed by atoms with Crippen molar-refractivity contribution in [3.63, 3.8) is 0 Å². The third-order valence-corrected chi connectivity index (χ3v) is 5.87. The highest BCUT2D eigenvalue weighted by atomic mass is 35.5. The highest BCUT2D eigenvalue weighted by Gasteiger charge is 2.35. The average molecular weight is 473 g/mol. The molecule has 0 fully saturated rings. The van der Waals surface area contributed by atoms with Gasteiger partial charge in [0.05, 0.1) is 29.6 Å². The number of allylic oxidation sites excluding steroid dienone is 1. The quantitative estimate of drug-likeness (QED) is 0.427. The number of nitrogens with one attached hydrogen (secondary N) is 2. The zero-order valence-electron chi connectivity index (χ0n) is 18.5. The van der Waals surface area contributed by atoms with Crippen molar-refractivity contribution in [3.8, 4) is 17.1 Å². The second-order valence-electron chi connectivity index (χ2n) is 7.72. The Morgan fingerprint density at radius 3 is 2.76 bits per heavy atom. The van der Waals surface area contributed by atoms with Gasteiger partial charge < -0.3 is 15.4 Å². The molecule has 0 radical (unpaired) electrons. The molecule has 0 saturated heterocycles. The van der Waals surface area contributed by atoms with E-state index >= 15 is 0 Å². The van der Waals surface area contributed by atoms with Crippen molar-refractivity contribution < 1.29 is 9.53 Å². The smallest absolute Gasteiger partial charge is 0.255 e. The minimum Gasteiger partial charge on any atom is -0.497 e. The number of ether oxygens (including phenoxy) is 1. The topological polar surface area (TPSA) is 94.0 Å². The van der Waals surface area contributed by atoms with Crippen molar-refractivity contribution in [1.82, 2.24) is 19.7 Å². The van der Waals surface area contributed by atoms with Crippen LogP contribution in [0.5, 0.6) is 5.75 Å². The Hall–Kier alpha value is -4.17. The number of nitrogens with zero attached hydrogens (tertiary/aromatic N) is 4. The summed E-state index contributed by atoms with van der Waals surface area (Å²) < 4.78 is 7.15. The number of benzene rings is 2. The molecule has 34 heavy (non-hydrogen) atoms. The molecule has 1 amide bonds. The number of aromatic nitrogens is 4. The van der Waals surface area contributed by atoms with Crippen molar-refractivity contribution in [3.05, 3.63) is 94.9 Å². The molecule has 2 aromatic heterocycles. The molecule has 9 heteroatoms. The third kappa shape index (κ3) is 3.99. The number of rotatable bonds is 5. The van der Waals surface area contributed by atoms with Crippen molar-refractivity contribution in [2.24, 2.45) is 0 Å². The number of hydrogen-bond donors (Lipinski definition) is 2.